The molecule has 0 spiro atoms. The van der Waals surface area contributed by atoms with Gasteiger partial charge in [-0.3, -0.25) is 0 Å². The number of rotatable bonds is 4. The van der Waals surface area contributed by atoms with Crippen LogP contribution >= 0.6 is 0 Å². The van der Waals surface area contributed by atoms with E-state index in [9.17, 15) is 0 Å². The van der Waals surface area contributed by atoms with Gasteiger partial charge in [0.1, 0.15) is 5.75 Å². The third-order valence-corrected chi connectivity index (χ3v) is 3.32. The molecule has 92 valence electrons. The van der Waals surface area contributed by atoms with Crippen molar-refractivity contribution in [3.05, 3.63) is 30.0 Å². The van der Waals surface area contributed by atoms with E-state index in [4.69, 9.17) is 10.5 Å². The number of ether oxygens (including phenoxy) is 1. The van der Waals surface area contributed by atoms with Gasteiger partial charge in [0.15, 0.2) is 0 Å². The lowest BCUT2D eigenvalue weighted by Gasteiger charge is -2.12. The van der Waals surface area contributed by atoms with Crippen LogP contribution in [0.5, 0.6) is 5.75 Å². The van der Waals surface area contributed by atoms with E-state index in [2.05, 4.69) is 36.6 Å². The molecule has 0 aliphatic heterocycles. The molecule has 0 bridgehead atoms. The molecule has 0 amide bonds. The van der Waals surface area contributed by atoms with Gasteiger partial charge in [0.25, 0.3) is 0 Å². The summed E-state index contributed by atoms with van der Waals surface area (Å²) in [4.78, 5) is 0. The number of fused-ring (bicyclic) bond motifs is 1. The summed E-state index contributed by atoms with van der Waals surface area (Å²) < 4.78 is 7.58. The first-order chi connectivity index (χ1) is 8.21. The van der Waals surface area contributed by atoms with Crippen LogP contribution in [0.25, 0.3) is 10.9 Å². The van der Waals surface area contributed by atoms with E-state index < -0.39 is 0 Å². The molecule has 2 aromatic rings. The van der Waals surface area contributed by atoms with E-state index in [0.29, 0.717) is 12.5 Å². The summed E-state index contributed by atoms with van der Waals surface area (Å²) in [6.07, 6.45) is 0. The zero-order chi connectivity index (χ0) is 12.4. The van der Waals surface area contributed by atoms with Crippen molar-refractivity contribution in [1.29, 1.82) is 0 Å². The predicted molar refractivity (Wildman–Crippen MR) is 71.6 cm³/mol. The van der Waals surface area contributed by atoms with Crippen LogP contribution in [0.15, 0.2) is 24.3 Å². The molecule has 2 rings (SSSR count). The molecule has 1 aromatic carbocycles. The number of hydrogen-bond donors (Lipinski definition) is 1. The molecule has 0 radical (unpaired) electrons. The highest BCUT2D eigenvalue weighted by molar-refractivity contribution is 5.83. The summed E-state index contributed by atoms with van der Waals surface area (Å²) in [5.41, 5.74) is 8.32. The zero-order valence-electron chi connectivity index (χ0n) is 10.7. The van der Waals surface area contributed by atoms with E-state index >= 15 is 0 Å². The summed E-state index contributed by atoms with van der Waals surface area (Å²) in [5, 5.41) is 1.22. The van der Waals surface area contributed by atoms with Gasteiger partial charge in [-0.15, -0.1) is 0 Å². The molecular formula is C14H20N2O. The van der Waals surface area contributed by atoms with Crippen LogP contribution in [0, 0.1) is 0 Å². The van der Waals surface area contributed by atoms with Gasteiger partial charge in [-0.2, -0.15) is 0 Å². The van der Waals surface area contributed by atoms with Crippen LogP contribution in [-0.4, -0.2) is 18.2 Å². The van der Waals surface area contributed by atoms with Crippen LogP contribution in [0.2, 0.25) is 0 Å². The number of benzene rings is 1. The lowest BCUT2D eigenvalue weighted by molar-refractivity contribution is 0.415. The minimum atomic E-state index is 0.383. The summed E-state index contributed by atoms with van der Waals surface area (Å²) in [5.74, 6) is 1.28. The molecule has 17 heavy (non-hydrogen) atoms. The van der Waals surface area contributed by atoms with E-state index in [1.54, 1.807) is 7.11 Å². The Balaban J connectivity index is 2.61. The minimum absolute atomic E-state index is 0.383. The molecule has 0 saturated carbocycles. The van der Waals surface area contributed by atoms with Gasteiger partial charge in [0.05, 0.1) is 7.11 Å². The van der Waals surface area contributed by atoms with Gasteiger partial charge in [-0.1, -0.05) is 6.92 Å². The lowest BCUT2D eigenvalue weighted by atomic mass is 10.1. The Hall–Kier alpha value is -1.48. The standard InChI is InChI=1S/C14H20N2O/c1-4-16-13-6-5-12(17-3)7-11(13)8-14(16)10(2)9-15/h5-8,10H,4,9,15H2,1-3H3. The molecule has 0 fully saturated rings. The average molecular weight is 232 g/mol. The minimum Gasteiger partial charge on any atom is -0.497 e. The molecule has 0 aliphatic rings. The Morgan fingerprint density at radius 3 is 2.71 bits per heavy atom. The first-order valence-electron chi connectivity index (χ1n) is 6.08. The predicted octanol–water partition coefficient (Wildman–Crippen LogP) is 2.73. The molecular weight excluding hydrogens is 212 g/mol. The molecule has 1 atom stereocenters. The van der Waals surface area contributed by atoms with Crippen LogP contribution < -0.4 is 10.5 Å². The number of aryl methyl sites for hydroxylation is 1. The largest absolute Gasteiger partial charge is 0.497 e. The first-order valence-corrected chi connectivity index (χ1v) is 6.08. The fraction of sp³-hybridized carbons (Fsp3) is 0.429. The molecule has 2 N–H and O–H groups in total. The number of nitrogens with two attached hydrogens (primary N) is 1. The van der Waals surface area contributed by atoms with Crippen molar-refractivity contribution in [3.8, 4) is 5.75 Å². The van der Waals surface area contributed by atoms with E-state index in [1.165, 1.54) is 16.6 Å². The van der Waals surface area contributed by atoms with Crippen molar-refractivity contribution in [2.75, 3.05) is 13.7 Å². The average Bonchev–Trinajstić information content (AvgIpc) is 2.74. The summed E-state index contributed by atoms with van der Waals surface area (Å²) in [6, 6.07) is 8.42. The van der Waals surface area contributed by atoms with Crippen molar-refractivity contribution in [3.63, 3.8) is 0 Å². The van der Waals surface area contributed by atoms with Crippen LogP contribution in [0.3, 0.4) is 0 Å². The third kappa shape index (κ3) is 2.03. The van der Waals surface area contributed by atoms with Crippen molar-refractivity contribution in [1.82, 2.24) is 4.57 Å². The second-order valence-electron chi connectivity index (χ2n) is 4.37. The second-order valence-corrected chi connectivity index (χ2v) is 4.37. The molecule has 0 saturated heterocycles. The van der Waals surface area contributed by atoms with Gasteiger partial charge < -0.3 is 15.0 Å². The van der Waals surface area contributed by atoms with Crippen molar-refractivity contribution in [2.24, 2.45) is 5.73 Å². The zero-order valence-corrected chi connectivity index (χ0v) is 10.7. The molecule has 3 heteroatoms. The normalized spacial score (nSPS) is 12.9. The third-order valence-electron chi connectivity index (χ3n) is 3.32. The Kier molecular flexibility index (Phi) is 3.38. The molecule has 1 unspecified atom stereocenters. The highest BCUT2D eigenvalue weighted by Crippen LogP contribution is 2.28. The Bertz CT molecular complexity index is 516. The smallest absolute Gasteiger partial charge is 0.119 e. The van der Waals surface area contributed by atoms with Crippen LogP contribution in [-0.2, 0) is 6.54 Å². The van der Waals surface area contributed by atoms with Crippen LogP contribution in [0.4, 0.5) is 0 Å². The number of methoxy groups -OCH3 is 1. The molecule has 1 heterocycles. The summed E-state index contributed by atoms with van der Waals surface area (Å²) >= 11 is 0. The van der Waals surface area contributed by atoms with Gasteiger partial charge in [-0.25, -0.2) is 0 Å². The molecule has 0 aliphatic carbocycles. The van der Waals surface area contributed by atoms with E-state index in [1.807, 2.05) is 6.07 Å². The van der Waals surface area contributed by atoms with Gasteiger partial charge in [0, 0.05) is 35.6 Å². The van der Waals surface area contributed by atoms with Gasteiger partial charge in [-0.05, 0) is 31.2 Å². The maximum atomic E-state index is 5.77. The van der Waals surface area contributed by atoms with Gasteiger partial charge in [0.2, 0.25) is 0 Å². The fourth-order valence-electron chi connectivity index (χ4n) is 2.28. The lowest BCUT2D eigenvalue weighted by Crippen LogP contribution is -2.13. The summed E-state index contributed by atoms with van der Waals surface area (Å²) in [7, 11) is 1.70. The second kappa shape index (κ2) is 4.80. The van der Waals surface area contributed by atoms with Crippen molar-refractivity contribution in [2.45, 2.75) is 26.3 Å². The number of hydrogen-bond acceptors (Lipinski definition) is 2. The van der Waals surface area contributed by atoms with Gasteiger partial charge >= 0.3 is 0 Å². The Morgan fingerprint density at radius 1 is 1.35 bits per heavy atom. The Labute approximate surface area is 102 Å². The highest BCUT2D eigenvalue weighted by Gasteiger charge is 2.12. The molecule has 3 nitrogen and oxygen atoms in total. The first kappa shape index (κ1) is 12.0. The van der Waals surface area contributed by atoms with E-state index in [0.717, 1.165) is 12.3 Å². The maximum absolute atomic E-state index is 5.77. The monoisotopic (exact) mass is 232 g/mol. The SMILES string of the molecule is CCn1c(C(C)CN)cc2cc(OC)ccc21. The topological polar surface area (TPSA) is 40.2 Å². The van der Waals surface area contributed by atoms with Crippen LogP contribution in [0.1, 0.15) is 25.5 Å². The fourth-order valence-corrected chi connectivity index (χ4v) is 2.28. The Morgan fingerprint density at radius 2 is 2.12 bits per heavy atom. The van der Waals surface area contributed by atoms with Crippen molar-refractivity contribution < 1.29 is 4.74 Å². The maximum Gasteiger partial charge on any atom is 0.119 e. The van der Waals surface area contributed by atoms with E-state index in [-0.39, 0.29) is 0 Å². The molecule has 1 aromatic heterocycles. The summed E-state index contributed by atoms with van der Waals surface area (Å²) in [6.45, 7) is 5.97. The highest BCUT2D eigenvalue weighted by atomic mass is 16.5. The van der Waals surface area contributed by atoms with Crippen molar-refractivity contribution >= 4 is 10.9 Å². The quantitative estimate of drug-likeness (QED) is 0.880. The number of nitrogens with zero attached hydrogens (tertiary/aromatic N) is 1. The number of aromatic nitrogens is 1.